The van der Waals surface area contributed by atoms with Crippen LogP contribution in [0.25, 0.3) is 0 Å². The summed E-state index contributed by atoms with van der Waals surface area (Å²) in [6.45, 7) is 0. The minimum absolute atomic E-state index is 0.299. The van der Waals surface area contributed by atoms with Crippen LogP contribution in [0.4, 0.5) is 5.69 Å². The molecule has 1 aromatic carbocycles. The van der Waals surface area contributed by atoms with Crippen LogP contribution in [0.15, 0.2) is 18.2 Å². The molecule has 0 atom stereocenters. The molecular weight excluding hydrogens is 252 g/mol. The number of benzene rings is 1. The summed E-state index contributed by atoms with van der Waals surface area (Å²) in [5, 5.41) is 0.816. The Morgan fingerprint density at radius 1 is 1.29 bits per heavy atom. The number of anilines is 1. The summed E-state index contributed by atoms with van der Waals surface area (Å²) >= 11 is 0. The largest absolute Gasteiger partial charge is 0.497 e. The van der Waals surface area contributed by atoms with Gasteiger partial charge in [0.1, 0.15) is 17.2 Å². The van der Waals surface area contributed by atoms with Gasteiger partial charge in [-0.2, -0.15) is 8.42 Å². The standard InChI is InChI=1S/C8H10N2O6S/c1-13-6-3-4-8(14-2)7(5-6)10-9-15-17(11,12)16-10/h3-5,9H,1-2H3. The fraction of sp³-hybridized carbons (Fsp3) is 0.250. The third kappa shape index (κ3) is 2.42. The Labute approximate surface area is 97.8 Å². The Hall–Kier alpha value is -1.55. The average molecular weight is 262 g/mol. The number of ether oxygens (including phenoxy) is 2. The quantitative estimate of drug-likeness (QED) is 0.823. The first-order valence-electron chi connectivity index (χ1n) is 4.46. The number of nitrogens with zero attached hydrogens (tertiary/aromatic N) is 1. The van der Waals surface area contributed by atoms with Crippen LogP contribution in [0, 0.1) is 0 Å². The second-order valence-electron chi connectivity index (χ2n) is 2.99. The van der Waals surface area contributed by atoms with Crippen molar-refractivity contribution in [2.75, 3.05) is 19.4 Å². The van der Waals surface area contributed by atoms with E-state index in [9.17, 15) is 8.42 Å². The normalized spacial score (nSPS) is 18.1. The minimum atomic E-state index is -4.07. The first-order chi connectivity index (χ1) is 8.05. The highest BCUT2D eigenvalue weighted by Gasteiger charge is 2.31. The molecule has 94 valence electrons. The molecule has 1 N–H and O–H groups in total. The Bertz CT molecular complexity index is 517. The number of hydrogen-bond acceptors (Lipinski definition) is 8. The number of methoxy groups -OCH3 is 2. The lowest BCUT2D eigenvalue weighted by Gasteiger charge is -2.15. The number of hydrazine groups is 1. The highest BCUT2D eigenvalue weighted by atomic mass is 32.3. The van der Waals surface area contributed by atoms with Gasteiger partial charge in [-0.3, -0.25) is 0 Å². The van der Waals surface area contributed by atoms with Gasteiger partial charge >= 0.3 is 10.4 Å². The molecule has 1 heterocycles. The van der Waals surface area contributed by atoms with Crippen molar-refractivity contribution >= 4 is 16.1 Å². The van der Waals surface area contributed by atoms with E-state index in [0.717, 1.165) is 5.17 Å². The van der Waals surface area contributed by atoms with Crippen LogP contribution in [0.1, 0.15) is 0 Å². The topological polar surface area (TPSA) is 86.3 Å². The van der Waals surface area contributed by atoms with E-state index in [1.54, 1.807) is 12.1 Å². The Kier molecular flexibility index (Phi) is 3.07. The molecule has 0 aliphatic carbocycles. The smallest absolute Gasteiger partial charge is 0.440 e. The predicted octanol–water partition coefficient (Wildman–Crippen LogP) is 0.136. The van der Waals surface area contributed by atoms with E-state index in [2.05, 4.69) is 14.2 Å². The molecule has 1 aromatic rings. The van der Waals surface area contributed by atoms with Crippen LogP contribution in [0.3, 0.4) is 0 Å². The first-order valence-corrected chi connectivity index (χ1v) is 5.80. The molecule has 1 aliphatic heterocycles. The van der Waals surface area contributed by atoms with E-state index in [1.807, 2.05) is 0 Å². The molecule has 0 saturated carbocycles. The van der Waals surface area contributed by atoms with E-state index in [-0.39, 0.29) is 0 Å². The summed E-state index contributed by atoms with van der Waals surface area (Å²) < 4.78 is 40.7. The van der Waals surface area contributed by atoms with E-state index in [1.165, 1.54) is 20.3 Å². The number of hydrogen-bond donors (Lipinski definition) is 1. The molecule has 2 rings (SSSR count). The van der Waals surface area contributed by atoms with E-state index in [4.69, 9.17) is 9.47 Å². The van der Waals surface area contributed by atoms with E-state index >= 15 is 0 Å². The molecule has 0 bridgehead atoms. The summed E-state index contributed by atoms with van der Waals surface area (Å²) in [7, 11) is -1.15. The van der Waals surface area contributed by atoms with E-state index in [0.29, 0.717) is 17.2 Å². The van der Waals surface area contributed by atoms with Gasteiger partial charge in [0, 0.05) is 6.07 Å². The SMILES string of the molecule is COc1ccc(OC)c(N2NOS(=O)(=O)O2)c1. The summed E-state index contributed by atoms with van der Waals surface area (Å²) in [5.41, 5.74) is 2.38. The zero-order valence-electron chi connectivity index (χ0n) is 9.04. The lowest BCUT2D eigenvalue weighted by molar-refractivity contribution is 0.196. The van der Waals surface area contributed by atoms with Crippen LogP contribution >= 0.6 is 0 Å². The lowest BCUT2D eigenvalue weighted by atomic mass is 10.3. The molecule has 0 spiro atoms. The molecule has 9 heteroatoms. The summed E-state index contributed by atoms with van der Waals surface area (Å²) in [6, 6.07) is 4.79. The van der Waals surface area contributed by atoms with Crippen molar-refractivity contribution < 1.29 is 26.5 Å². The summed E-state index contributed by atoms with van der Waals surface area (Å²) in [4.78, 5) is 0. The summed E-state index contributed by atoms with van der Waals surface area (Å²) in [6.07, 6.45) is 0. The summed E-state index contributed by atoms with van der Waals surface area (Å²) in [5.74, 6) is 0.898. The van der Waals surface area contributed by atoms with Gasteiger partial charge in [0.15, 0.2) is 0 Å². The van der Waals surface area contributed by atoms with Crippen LogP contribution < -0.4 is 20.2 Å². The van der Waals surface area contributed by atoms with Crippen molar-refractivity contribution in [3.05, 3.63) is 18.2 Å². The van der Waals surface area contributed by atoms with Gasteiger partial charge in [0.2, 0.25) is 0 Å². The van der Waals surface area contributed by atoms with E-state index < -0.39 is 10.4 Å². The maximum absolute atomic E-state index is 10.9. The van der Waals surface area contributed by atoms with Crippen LogP contribution in [0.2, 0.25) is 0 Å². The zero-order chi connectivity index (χ0) is 12.5. The Morgan fingerprint density at radius 2 is 2.06 bits per heavy atom. The molecule has 8 nitrogen and oxygen atoms in total. The second-order valence-corrected chi connectivity index (χ2v) is 4.12. The molecule has 0 amide bonds. The molecule has 0 aromatic heterocycles. The minimum Gasteiger partial charge on any atom is -0.497 e. The Balaban J connectivity index is 2.36. The molecular formula is C8H10N2O6S. The van der Waals surface area contributed by atoms with Crippen molar-refractivity contribution in [1.29, 1.82) is 0 Å². The highest BCUT2D eigenvalue weighted by molar-refractivity contribution is 7.82. The van der Waals surface area contributed by atoms with Crippen LogP contribution in [-0.2, 0) is 19.0 Å². The fourth-order valence-corrected chi connectivity index (χ4v) is 1.73. The van der Waals surface area contributed by atoms with Crippen LogP contribution in [-0.4, -0.2) is 22.6 Å². The molecule has 0 unspecified atom stereocenters. The van der Waals surface area contributed by atoms with Crippen molar-refractivity contribution in [2.45, 2.75) is 0 Å². The van der Waals surface area contributed by atoms with Crippen molar-refractivity contribution in [3.8, 4) is 11.5 Å². The zero-order valence-corrected chi connectivity index (χ0v) is 9.85. The monoisotopic (exact) mass is 262 g/mol. The molecule has 1 aliphatic rings. The van der Waals surface area contributed by atoms with Gasteiger partial charge in [0.05, 0.1) is 14.2 Å². The van der Waals surface area contributed by atoms with Crippen molar-refractivity contribution in [3.63, 3.8) is 0 Å². The van der Waals surface area contributed by atoms with Gasteiger partial charge in [-0.15, -0.1) is 13.7 Å². The maximum atomic E-state index is 10.9. The molecule has 1 saturated heterocycles. The van der Waals surface area contributed by atoms with Crippen LogP contribution in [0.5, 0.6) is 11.5 Å². The van der Waals surface area contributed by atoms with Gasteiger partial charge in [0.25, 0.3) is 0 Å². The van der Waals surface area contributed by atoms with Gasteiger partial charge in [-0.05, 0) is 12.1 Å². The predicted molar refractivity (Wildman–Crippen MR) is 56.3 cm³/mol. The Morgan fingerprint density at radius 3 is 2.59 bits per heavy atom. The van der Waals surface area contributed by atoms with Crippen molar-refractivity contribution in [2.24, 2.45) is 0 Å². The molecule has 1 fully saturated rings. The fourth-order valence-electron chi connectivity index (χ4n) is 1.25. The maximum Gasteiger partial charge on any atom is 0.440 e. The third-order valence-electron chi connectivity index (χ3n) is 1.99. The van der Waals surface area contributed by atoms with Gasteiger partial charge in [-0.1, -0.05) is 5.59 Å². The number of rotatable bonds is 3. The van der Waals surface area contributed by atoms with Crippen molar-refractivity contribution in [1.82, 2.24) is 5.59 Å². The second kappa shape index (κ2) is 4.37. The lowest BCUT2D eigenvalue weighted by Crippen LogP contribution is -2.28. The molecule has 17 heavy (non-hydrogen) atoms. The third-order valence-corrected chi connectivity index (χ3v) is 2.60. The first kappa shape index (κ1) is 11.9. The van der Waals surface area contributed by atoms with Gasteiger partial charge in [-0.25, -0.2) is 0 Å². The number of nitrogens with one attached hydrogen (secondary N) is 1. The molecule has 0 radical (unpaired) electrons. The highest BCUT2D eigenvalue weighted by Crippen LogP contribution is 2.33. The average Bonchev–Trinajstić information content (AvgIpc) is 2.68. The van der Waals surface area contributed by atoms with Gasteiger partial charge < -0.3 is 9.47 Å².